The number of hydrogen-bond acceptors (Lipinski definition) is 2. The average molecular weight is 287 g/mol. The first kappa shape index (κ1) is 14.8. The molecule has 20 heavy (non-hydrogen) atoms. The van der Waals surface area contributed by atoms with Crippen molar-refractivity contribution < 1.29 is 4.79 Å². The van der Waals surface area contributed by atoms with Gasteiger partial charge >= 0.3 is 0 Å². The van der Waals surface area contributed by atoms with Gasteiger partial charge in [-0.3, -0.25) is 4.79 Å². The van der Waals surface area contributed by atoms with Gasteiger partial charge in [-0.05, 0) is 31.4 Å². The average Bonchev–Trinajstić information content (AvgIpc) is 2.81. The van der Waals surface area contributed by atoms with Gasteiger partial charge in [-0.15, -0.1) is 11.3 Å². The van der Waals surface area contributed by atoms with Crippen molar-refractivity contribution in [3.05, 3.63) is 57.3 Å². The highest BCUT2D eigenvalue weighted by Gasteiger charge is 2.13. The molecule has 2 nitrogen and oxygen atoms in total. The Morgan fingerprint density at radius 1 is 1.20 bits per heavy atom. The molecular formula is C17H21NOS. The first-order valence-corrected chi connectivity index (χ1v) is 7.93. The Morgan fingerprint density at radius 3 is 2.65 bits per heavy atom. The van der Waals surface area contributed by atoms with Crippen LogP contribution in [0.4, 0.5) is 0 Å². The third-order valence-corrected chi connectivity index (χ3v) is 4.31. The zero-order valence-corrected chi connectivity index (χ0v) is 12.9. The van der Waals surface area contributed by atoms with E-state index in [4.69, 9.17) is 0 Å². The predicted octanol–water partition coefficient (Wildman–Crippen LogP) is 3.98. The second kappa shape index (κ2) is 7.25. The number of nitrogens with one attached hydrogen (secondary N) is 1. The molecule has 1 N–H and O–H groups in total. The van der Waals surface area contributed by atoms with Crippen LogP contribution < -0.4 is 5.32 Å². The first-order chi connectivity index (χ1) is 9.70. The maximum atomic E-state index is 12.2. The number of thiophene rings is 1. The number of amides is 1. The van der Waals surface area contributed by atoms with E-state index in [9.17, 15) is 4.79 Å². The molecule has 0 aliphatic carbocycles. The number of aryl methyl sites for hydroxylation is 2. The van der Waals surface area contributed by atoms with Gasteiger partial charge in [0.2, 0.25) is 0 Å². The molecule has 0 atom stereocenters. The third-order valence-electron chi connectivity index (χ3n) is 3.20. The molecule has 0 saturated carbocycles. The van der Waals surface area contributed by atoms with E-state index in [-0.39, 0.29) is 5.91 Å². The summed E-state index contributed by atoms with van der Waals surface area (Å²) in [5, 5.41) is 3.03. The monoisotopic (exact) mass is 287 g/mol. The van der Waals surface area contributed by atoms with Crippen LogP contribution in [0.1, 0.15) is 39.0 Å². The fourth-order valence-electron chi connectivity index (χ4n) is 2.23. The van der Waals surface area contributed by atoms with Crippen molar-refractivity contribution >= 4 is 17.2 Å². The SMILES string of the molecule is CCCc1sc(C)cc1C(=O)NCCc1ccccc1. The van der Waals surface area contributed by atoms with Gasteiger partial charge in [0, 0.05) is 16.3 Å². The molecule has 0 bridgehead atoms. The van der Waals surface area contributed by atoms with Gasteiger partial charge in [0.1, 0.15) is 0 Å². The summed E-state index contributed by atoms with van der Waals surface area (Å²) in [6.45, 7) is 4.89. The molecule has 0 spiro atoms. The molecule has 3 heteroatoms. The Kier molecular flexibility index (Phi) is 5.36. The third kappa shape index (κ3) is 3.94. The van der Waals surface area contributed by atoms with Crippen molar-refractivity contribution in [3.8, 4) is 0 Å². The maximum Gasteiger partial charge on any atom is 0.252 e. The molecule has 0 saturated heterocycles. The molecule has 0 aliphatic heterocycles. The van der Waals surface area contributed by atoms with Crippen LogP contribution in [0.25, 0.3) is 0 Å². The van der Waals surface area contributed by atoms with Crippen LogP contribution in [0, 0.1) is 6.92 Å². The summed E-state index contributed by atoms with van der Waals surface area (Å²) in [5.74, 6) is 0.0636. The highest BCUT2D eigenvalue weighted by Crippen LogP contribution is 2.23. The molecule has 0 unspecified atom stereocenters. The van der Waals surface area contributed by atoms with Gasteiger partial charge < -0.3 is 5.32 Å². The van der Waals surface area contributed by atoms with Gasteiger partial charge in [-0.1, -0.05) is 43.7 Å². The molecule has 0 radical (unpaired) electrons. The van der Waals surface area contributed by atoms with Crippen molar-refractivity contribution in [2.24, 2.45) is 0 Å². The Morgan fingerprint density at radius 2 is 1.95 bits per heavy atom. The normalized spacial score (nSPS) is 10.5. The smallest absolute Gasteiger partial charge is 0.252 e. The first-order valence-electron chi connectivity index (χ1n) is 7.12. The molecule has 1 heterocycles. The van der Waals surface area contributed by atoms with E-state index in [0.717, 1.165) is 24.8 Å². The highest BCUT2D eigenvalue weighted by molar-refractivity contribution is 7.12. The summed E-state index contributed by atoms with van der Waals surface area (Å²) in [6.07, 6.45) is 2.93. The minimum Gasteiger partial charge on any atom is -0.352 e. The lowest BCUT2D eigenvalue weighted by Gasteiger charge is -2.06. The van der Waals surface area contributed by atoms with Crippen molar-refractivity contribution in [2.75, 3.05) is 6.54 Å². The second-order valence-electron chi connectivity index (χ2n) is 4.94. The van der Waals surface area contributed by atoms with Crippen molar-refractivity contribution in [3.63, 3.8) is 0 Å². The summed E-state index contributed by atoms with van der Waals surface area (Å²) >= 11 is 1.74. The number of rotatable bonds is 6. The van der Waals surface area contributed by atoms with Gasteiger partial charge in [-0.2, -0.15) is 0 Å². The van der Waals surface area contributed by atoms with Crippen LogP contribution in [-0.4, -0.2) is 12.5 Å². The van der Waals surface area contributed by atoms with Gasteiger partial charge in [0.05, 0.1) is 5.56 Å². The standard InChI is InChI=1S/C17H21NOS/c1-3-7-16-15(12-13(2)20-16)17(19)18-11-10-14-8-5-4-6-9-14/h4-6,8-9,12H,3,7,10-11H2,1-2H3,(H,18,19). The van der Waals surface area contributed by atoms with E-state index >= 15 is 0 Å². The van der Waals surface area contributed by atoms with Crippen molar-refractivity contribution in [1.29, 1.82) is 0 Å². The summed E-state index contributed by atoms with van der Waals surface area (Å²) < 4.78 is 0. The molecule has 2 aromatic rings. The van der Waals surface area contributed by atoms with E-state index in [1.807, 2.05) is 24.3 Å². The molecule has 2 rings (SSSR count). The van der Waals surface area contributed by atoms with E-state index in [1.54, 1.807) is 11.3 Å². The lowest BCUT2D eigenvalue weighted by Crippen LogP contribution is -2.26. The quantitative estimate of drug-likeness (QED) is 0.855. The fourth-order valence-corrected chi connectivity index (χ4v) is 3.36. The second-order valence-corrected chi connectivity index (χ2v) is 6.28. The summed E-state index contributed by atoms with van der Waals surface area (Å²) in [6, 6.07) is 12.2. The topological polar surface area (TPSA) is 29.1 Å². The largest absolute Gasteiger partial charge is 0.352 e. The van der Waals surface area contributed by atoms with Crippen LogP contribution in [0.5, 0.6) is 0 Å². The predicted molar refractivity (Wildman–Crippen MR) is 85.5 cm³/mol. The lowest BCUT2D eigenvalue weighted by molar-refractivity contribution is 0.0953. The maximum absolute atomic E-state index is 12.2. The Balaban J connectivity index is 1.91. The molecule has 106 valence electrons. The molecule has 0 aliphatic rings. The minimum atomic E-state index is 0.0636. The lowest BCUT2D eigenvalue weighted by atomic mass is 10.1. The number of carbonyl (C=O) groups is 1. The summed E-state index contributed by atoms with van der Waals surface area (Å²) in [5.41, 5.74) is 2.12. The summed E-state index contributed by atoms with van der Waals surface area (Å²) in [4.78, 5) is 14.7. The Bertz CT molecular complexity index is 560. The van der Waals surface area contributed by atoms with Crippen LogP contribution >= 0.6 is 11.3 Å². The van der Waals surface area contributed by atoms with Crippen LogP contribution in [0.15, 0.2) is 36.4 Å². The molecule has 1 amide bonds. The van der Waals surface area contributed by atoms with Gasteiger partial charge in [0.15, 0.2) is 0 Å². The highest BCUT2D eigenvalue weighted by atomic mass is 32.1. The van der Waals surface area contributed by atoms with Crippen LogP contribution in [0.2, 0.25) is 0 Å². The molecule has 0 fully saturated rings. The number of carbonyl (C=O) groups excluding carboxylic acids is 1. The van der Waals surface area contributed by atoms with Crippen LogP contribution in [-0.2, 0) is 12.8 Å². The minimum absolute atomic E-state index is 0.0636. The molecular weight excluding hydrogens is 266 g/mol. The Hall–Kier alpha value is -1.61. The fraction of sp³-hybridized carbons (Fsp3) is 0.353. The molecule has 1 aromatic heterocycles. The van der Waals surface area contributed by atoms with E-state index in [1.165, 1.54) is 15.3 Å². The van der Waals surface area contributed by atoms with Crippen molar-refractivity contribution in [1.82, 2.24) is 5.32 Å². The van der Waals surface area contributed by atoms with Crippen LogP contribution in [0.3, 0.4) is 0 Å². The van der Waals surface area contributed by atoms with Gasteiger partial charge in [0.25, 0.3) is 5.91 Å². The summed E-state index contributed by atoms with van der Waals surface area (Å²) in [7, 11) is 0. The molecule has 1 aromatic carbocycles. The number of hydrogen-bond donors (Lipinski definition) is 1. The van der Waals surface area contributed by atoms with Crippen molar-refractivity contribution in [2.45, 2.75) is 33.1 Å². The number of benzene rings is 1. The zero-order valence-electron chi connectivity index (χ0n) is 12.1. The van der Waals surface area contributed by atoms with E-state index < -0.39 is 0 Å². The van der Waals surface area contributed by atoms with E-state index in [2.05, 4.69) is 31.3 Å². The van der Waals surface area contributed by atoms with Gasteiger partial charge in [-0.25, -0.2) is 0 Å². The Labute approximate surface area is 124 Å². The zero-order chi connectivity index (χ0) is 14.4. The van der Waals surface area contributed by atoms with E-state index in [0.29, 0.717) is 6.54 Å².